The summed E-state index contributed by atoms with van der Waals surface area (Å²) >= 11 is 0. The van der Waals surface area contributed by atoms with E-state index >= 15 is 0 Å². The van der Waals surface area contributed by atoms with Gasteiger partial charge < -0.3 is 10.6 Å². The van der Waals surface area contributed by atoms with Crippen molar-refractivity contribution >= 4 is 17.5 Å². The van der Waals surface area contributed by atoms with Gasteiger partial charge in [0.05, 0.1) is 6.04 Å². The van der Waals surface area contributed by atoms with Crippen LogP contribution in [-0.2, 0) is 0 Å². The first-order chi connectivity index (χ1) is 13.4. The van der Waals surface area contributed by atoms with E-state index in [2.05, 4.69) is 10.6 Å². The molecule has 0 bridgehead atoms. The average molecular weight is 372 g/mol. The number of hydrogen-bond donors (Lipinski definition) is 2. The highest BCUT2D eigenvalue weighted by Gasteiger charge is 2.14. The van der Waals surface area contributed by atoms with E-state index in [0.29, 0.717) is 11.1 Å². The minimum atomic E-state index is -0.238. The maximum atomic E-state index is 12.6. The van der Waals surface area contributed by atoms with Crippen LogP contribution in [0.3, 0.4) is 0 Å². The molecule has 142 valence electrons. The summed E-state index contributed by atoms with van der Waals surface area (Å²) in [5.41, 5.74) is 4.83. The molecule has 0 aliphatic rings. The van der Waals surface area contributed by atoms with E-state index in [0.717, 1.165) is 22.4 Å². The third-order valence-electron chi connectivity index (χ3n) is 4.66. The van der Waals surface area contributed by atoms with Gasteiger partial charge in [0.25, 0.3) is 11.8 Å². The lowest BCUT2D eigenvalue weighted by molar-refractivity contribution is 0.0940. The van der Waals surface area contributed by atoms with Crippen molar-refractivity contribution in [3.05, 3.63) is 101 Å². The Morgan fingerprint density at radius 3 is 2.14 bits per heavy atom. The Morgan fingerprint density at radius 2 is 1.46 bits per heavy atom. The van der Waals surface area contributed by atoms with Gasteiger partial charge in [0.1, 0.15) is 0 Å². The number of hydrogen-bond acceptors (Lipinski definition) is 2. The molecule has 1 atom stereocenters. The second-order valence-electron chi connectivity index (χ2n) is 6.96. The van der Waals surface area contributed by atoms with Crippen LogP contribution in [0.2, 0.25) is 0 Å². The zero-order chi connectivity index (χ0) is 20.1. The first-order valence-corrected chi connectivity index (χ1v) is 9.28. The fourth-order valence-electron chi connectivity index (χ4n) is 3.06. The molecule has 0 aromatic heterocycles. The molecule has 3 aromatic rings. The van der Waals surface area contributed by atoms with Gasteiger partial charge in [-0.05, 0) is 56.2 Å². The van der Waals surface area contributed by atoms with Gasteiger partial charge in [-0.2, -0.15) is 0 Å². The van der Waals surface area contributed by atoms with E-state index in [-0.39, 0.29) is 17.9 Å². The second kappa shape index (κ2) is 8.53. The molecule has 0 radical (unpaired) electrons. The highest BCUT2D eigenvalue weighted by molar-refractivity contribution is 6.06. The summed E-state index contributed by atoms with van der Waals surface area (Å²) in [5.74, 6) is -0.449. The number of amides is 2. The topological polar surface area (TPSA) is 58.2 Å². The van der Waals surface area contributed by atoms with Gasteiger partial charge in [-0.1, -0.05) is 54.1 Å². The number of anilines is 1. The lowest BCUT2D eigenvalue weighted by atomic mass is 10.1. The Morgan fingerprint density at radius 1 is 0.786 bits per heavy atom. The molecule has 0 saturated carbocycles. The monoisotopic (exact) mass is 372 g/mol. The van der Waals surface area contributed by atoms with Crippen LogP contribution in [0.1, 0.15) is 50.4 Å². The lowest BCUT2D eigenvalue weighted by Crippen LogP contribution is -2.27. The highest BCUT2D eigenvalue weighted by atomic mass is 16.2. The van der Waals surface area contributed by atoms with Gasteiger partial charge in [-0.3, -0.25) is 9.59 Å². The van der Waals surface area contributed by atoms with Crippen LogP contribution in [-0.4, -0.2) is 11.8 Å². The highest BCUT2D eigenvalue weighted by Crippen LogP contribution is 2.18. The fourth-order valence-corrected chi connectivity index (χ4v) is 3.06. The largest absolute Gasteiger partial charge is 0.346 e. The number of nitrogens with one attached hydrogen (secondary N) is 2. The van der Waals surface area contributed by atoms with Crippen LogP contribution >= 0.6 is 0 Å². The Balaban J connectivity index is 1.72. The molecule has 3 rings (SSSR count). The molecule has 0 spiro atoms. The number of carbonyl (C=O) groups is 2. The average Bonchev–Trinajstić information content (AvgIpc) is 2.70. The quantitative estimate of drug-likeness (QED) is 0.659. The lowest BCUT2D eigenvalue weighted by Gasteiger charge is -2.15. The van der Waals surface area contributed by atoms with E-state index in [4.69, 9.17) is 0 Å². The summed E-state index contributed by atoms with van der Waals surface area (Å²) in [5, 5.41) is 5.89. The number of aryl methyl sites for hydroxylation is 2. The van der Waals surface area contributed by atoms with Crippen LogP contribution in [0.15, 0.2) is 72.8 Å². The number of benzene rings is 3. The SMILES string of the molecule is Cc1ccc(NC(=O)c2cccc(C(=O)NC(C)c3ccccc3)c2)c(C)c1. The van der Waals surface area contributed by atoms with Crippen molar-refractivity contribution in [2.75, 3.05) is 5.32 Å². The summed E-state index contributed by atoms with van der Waals surface area (Å²) in [6, 6.07) is 22.3. The van der Waals surface area contributed by atoms with Crippen LogP contribution in [0.25, 0.3) is 0 Å². The first kappa shape index (κ1) is 19.4. The minimum Gasteiger partial charge on any atom is -0.346 e. The summed E-state index contributed by atoms with van der Waals surface area (Å²) < 4.78 is 0. The Labute approximate surface area is 165 Å². The summed E-state index contributed by atoms with van der Waals surface area (Å²) in [6.45, 7) is 5.90. The Bertz CT molecular complexity index is 996. The van der Waals surface area contributed by atoms with E-state index in [1.54, 1.807) is 24.3 Å². The molecule has 0 saturated heterocycles. The molecule has 28 heavy (non-hydrogen) atoms. The van der Waals surface area contributed by atoms with E-state index in [1.807, 2.05) is 69.3 Å². The molecule has 0 heterocycles. The minimum absolute atomic E-state index is 0.124. The standard InChI is InChI=1S/C24H24N2O2/c1-16-12-13-22(17(2)14-16)26-24(28)21-11-7-10-20(15-21)23(27)25-18(3)19-8-5-4-6-9-19/h4-15,18H,1-3H3,(H,25,27)(H,26,28). The molecule has 4 heteroatoms. The molecule has 4 nitrogen and oxygen atoms in total. The normalized spacial score (nSPS) is 11.5. The van der Waals surface area contributed by atoms with Crippen LogP contribution < -0.4 is 10.6 Å². The van der Waals surface area contributed by atoms with Gasteiger partial charge in [0.15, 0.2) is 0 Å². The second-order valence-corrected chi connectivity index (χ2v) is 6.96. The molecule has 1 unspecified atom stereocenters. The van der Waals surface area contributed by atoms with Crippen molar-refractivity contribution in [2.45, 2.75) is 26.8 Å². The summed E-state index contributed by atoms with van der Waals surface area (Å²) in [7, 11) is 0. The fraction of sp³-hybridized carbons (Fsp3) is 0.167. The van der Waals surface area contributed by atoms with Gasteiger partial charge >= 0.3 is 0 Å². The van der Waals surface area contributed by atoms with Gasteiger partial charge in [0, 0.05) is 16.8 Å². The molecule has 2 N–H and O–H groups in total. The van der Waals surface area contributed by atoms with Crippen molar-refractivity contribution < 1.29 is 9.59 Å². The number of carbonyl (C=O) groups excluding carboxylic acids is 2. The third kappa shape index (κ3) is 4.65. The molecular weight excluding hydrogens is 348 g/mol. The maximum Gasteiger partial charge on any atom is 0.255 e. The maximum absolute atomic E-state index is 12.6. The van der Waals surface area contributed by atoms with Crippen LogP contribution in [0.4, 0.5) is 5.69 Å². The van der Waals surface area contributed by atoms with Crippen molar-refractivity contribution in [3.8, 4) is 0 Å². The smallest absolute Gasteiger partial charge is 0.255 e. The zero-order valence-corrected chi connectivity index (χ0v) is 16.3. The molecule has 0 aliphatic carbocycles. The van der Waals surface area contributed by atoms with E-state index in [9.17, 15) is 9.59 Å². The van der Waals surface area contributed by atoms with Crippen LogP contribution in [0, 0.1) is 13.8 Å². The zero-order valence-electron chi connectivity index (χ0n) is 16.3. The predicted octanol–water partition coefficient (Wildman–Crippen LogP) is 5.05. The third-order valence-corrected chi connectivity index (χ3v) is 4.66. The van der Waals surface area contributed by atoms with Gasteiger partial charge in [-0.15, -0.1) is 0 Å². The summed E-state index contributed by atoms with van der Waals surface area (Å²) in [6.07, 6.45) is 0. The Hall–Kier alpha value is -3.40. The summed E-state index contributed by atoms with van der Waals surface area (Å²) in [4.78, 5) is 25.2. The number of rotatable bonds is 5. The predicted molar refractivity (Wildman–Crippen MR) is 113 cm³/mol. The van der Waals surface area contributed by atoms with Gasteiger partial charge in [-0.25, -0.2) is 0 Å². The van der Waals surface area contributed by atoms with Crippen LogP contribution in [0.5, 0.6) is 0 Å². The molecule has 2 amide bonds. The molecule has 0 fully saturated rings. The molecule has 3 aromatic carbocycles. The Kier molecular flexibility index (Phi) is 5.90. The van der Waals surface area contributed by atoms with Crippen molar-refractivity contribution in [3.63, 3.8) is 0 Å². The first-order valence-electron chi connectivity index (χ1n) is 9.28. The van der Waals surface area contributed by atoms with E-state index < -0.39 is 0 Å². The molecule has 0 aliphatic heterocycles. The van der Waals surface area contributed by atoms with Crippen molar-refractivity contribution in [2.24, 2.45) is 0 Å². The molecular formula is C24H24N2O2. The van der Waals surface area contributed by atoms with Gasteiger partial charge in [0.2, 0.25) is 0 Å². The van der Waals surface area contributed by atoms with E-state index in [1.165, 1.54) is 0 Å². The van der Waals surface area contributed by atoms with Crippen molar-refractivity contribution in [1.82, 2.24) is 5.32 Å². The van der Waals surface area contributed by atoms with Crippen molar-refractivity contribution in [1.29, 1.82) is 0 Å².